The van der Waals surface area contributed by atoms with Crippen LogP contribution in [-0.4, -0.2) is 23.5 Å². The van der Waals surface area contributed by atoms with E-state index >= 15 is 0 Å². The predicted molar refractivity (Wildman–Crippen MR) is 70.7 cm³/mol. The Hall–Kier alpha value is -2.31. The second kappa shape index (κ2) is 6.92. The zero-order valence-corrected chi connectivity index (χ0v) is 11.2. The van der Waals surface area contributed by atoms with E-state index < -0.39 is 23.3 Å². The summed E-state index contributed by atoms with van der Waals surface area (Å²) in [5.74, 6) is -1.62. The Kier molecular flexibility index (Phi) is 5.52. The Morgan fingerprint density at radius 1 is 1.29 bits per heavy atom. The molecule has 1 rings (SSSR count). The van der Waals surface area contributed by atoms with E-state index in [4.69, 9.17) is 5.11 Å². The lowest BCUT2D eigenvalue weighted by Crippen LogP contribution is -2.20. The van der Waals surface area contributed by atoms with Crippen LogP contribution >= 0.6 is 0 Å². The first-order chi connectivity index (χ1) is 9.70. The molecule has 0 aliphatic heterocycles. The normalized spacial score (nSPS) is 11.6. The molecule has 0 saturated carbocycles. The van der Waals surface area contributed by atoms with Gasteiger partial charge in [-0.2, -0.15) is 13.2 Å². The van der Waals surface area contributed by atoms with E-state index in [1.54, 1.807) is 6.08 Å². The van der Waals surface area contributed by atoms with Crippen molar-refractivity contribution in [2.45, 2.75) is 19.5 Å². The van der Waals surface area contributed by atoms with Gasteiger partial charge in [-0.3, -0.25) is 4.79 Å². The highest BCUT2D eigenvalue weighted by molar-refractivity contribution is 5.88. The number of hydrogen-bond acceptors (Lipinski definition) is 2. The van der Waals surface area contributed by atoms with E-state index in [0.717, 1.165) is 12.1 Å². The summed E-state index contributed by atoms with van der Waals surface area (Å²) in [4.78, 5) is 21.5. The van der Waals surface area contributed by atoms with Crippen LogP contribution in [0, 0.1) is 0 Å². The standard InChI is InChI=1S/C14H14F3NO3/c1-9(19)18-5-3-2-4-10-6-11(13(20)21)8-12(7-10)14(15,16)17/h2,4,6-8H,3,5H2,1H3,(H,18,19)(H,20,21). The molecule has 0 aliphatic carbocycles. The number of hydrogen-bond donors (Lipinski definition) is 2. The predicted octanol–water partition coefficient (Wildman–Crippen LogP) is 2.94. The van der Waals surface area contributed by atoms with E-state index in [2.05, 4.69) is 5.32 Å². The summed E-state index contributed by atoms with van der Waals surface area (Å²) >= 11 is 0. The van der Waals surface area contributed by atoms with E-state index in [1.807, 2.05) is 0 Å². The molecule has 114 valence electrons. The average Bonchev–Trinajstić information content (AvgIpc) is 2.36. The number of carboxylic acid groups (broad SMARTS) is 1. The Labute approximate surface area is 119 Å². The van der Waals surface area contributed by atoms with Gasteiger partial charge in [0.2, 0.25) is 5.91 Å². The number of halogens is 3. The van der Waals surface area contributed by atoms with Gasteiger partial charge in [-0.05, 0) is 30.2 Å². The summed E-state index contributed by atoms with van der Waals surface area (Å²) in [6.07, 6.45) is -1.22. The molecule has 0 aromatic heterocycles. The highest BCUT2D eigenvalue weighted by atomic mass is 19.4. The van der Waals surface area contributed by atoms with Crippen LogP contribution in [0.5, 0.6) is 0 Å². The van der Waals surface area contributed by atoms with Crippen molar-refractivity contribution < 1.29 is 27.9 Å². The number of carboxylic acids is 1. The summed E-state index contributed by atoms with van der Waals surface area (Å²) in [6.45, 7) is 1.71. The molecule has 1 aromatic rings. The Bertz CT molecular complexity index is 565. The molecule has 0 radical (unpaired) electrons. The third-order valence-electron chi connectivity index (χ3n) is 2.52. The van der Waals surface area contributed by atoms with E-state index in [9.17, 15) is 22.8 Å². The molecule has 2 N–H and O–H groups in total. The third-order valence-corrected chi connectivity index (χ3v) is 2.52. The van der Waals surface area contributed by atoms with Crippen LogP contribution in [0.1, 0.15) is 34.8 Å². The van der Waals surface area contributed by atoms with Crippen LogP contribution in [0.15, 0.2) is 24.3 Å². The zero-order chi connectivity index (χ0) is 16.0. The number of carbonyl (C=O) groups excluding carboxylic acids is 1. The van der Waals surface area contributed by atoms with Gasteiger partial charge in [-0.25, -0.2) is 4.79 Å². The molecule has 0 heterocycles. The SMILES string of the molecule is CC(=O)NCCC=Cc1cc(C(=O)O)cc(C(F)(F)F)c1. The fourth-order valence-corrected chi connectivity index (χ4v) is 1.59. The Morgan fingerprint density at radius 2 is 1.95 bits per heavy atom. The fourth-order valence-electron chi connectivity index (χ4n) is 1.59. The molecular weight excluding hydrogens is 287 g/mol. The van der Waals surface area contributed by atoms with Crippen molar-refractivity contribution >= 4 is 18.0 Å². The molecule has 1 aromatic carbocycles. The van der Waals surface area contributed by atoms with Crippen LogP contribution in [-0.2, 0) is 11.0 Å². The minimum atomic E-state index is -4.61. The topological polar surface area (TPSA) is 66.4 Å². The highest BCUT2D eigenvalue weighted by Crippen LogP contribution is 2.31. The summed E-state index contributed by atoms with van der Waals surface area (Å²) < 4.78 is 38.0. The van der Waals surface area contributed by atoms with Crippen LogP contribution < -0.4 is 5.32 Å². The van der Waals surface area contributed by atoms with Gasteiger partial charge in [0.15, 0.2) is 0 Å². The van der Waals surface area contributed by atoms with Gasteiger partial charge < -0.3 is 10.4 Å². The quantitative estimate of drug-likeness (QED) is 0.822. The molecule has 7 heteroatoms. The monoisotopic (exact) mass is 301 g/mol. The van der Waals surface area contributed by atoms with Crippen LogP contribution in [0.3, 0.4) is 0 Å². The van der Waals surface area contributed by atoms with Crippen molar-refractivity contribution in [1.82, 2.24) is 5.32 Å². The fraction of sp³-hybridized carbons (Fsp3) is 0.286. The third kappa shape index (κ3) is 5.68. The second-order valence-electron chi connectivity index (χ2n) is 4.32. The van der Waals surface area contributed by atoms with Crippen LogP contribution in [0.2, 0.25) is 0 Å². The van der Waals surface area contributed by atoms with Gasteiger partial charge in [0.1, 0.15) is 0 Å². The van der Waals surface area contributed by atoms with Gasteiger partial charge in [0.25, 0.3) is 0 Å². The molecular formula is C14H14F3NO3. The molecule has 0 bridgehead atoms. The summed E-state index contributed by atoms with van der Waals surface area (Å²) in [6, 6.07) is 2.63. The molecule has 0 unspecified atom stereocenters. The summed E-state index contributed by atoms with van der Waals surface area (Å²) in [5.41, 5.74) is -1.29. The molecule has 0 atom stereocenters. The van der Waals surface area contributed by atoms with Gasteiger partial charge in [-0.15, -0.1) is 0 Å². The molecule has 4 nitrogen and oxygen atoms in total. The van der Waals surface area contributed by atoms with Gasteiger partial charge in [-0.1, -0.05) is 12.2 Å². The lowest BCUT2D eigenvalue weighted by molar-refractivity contribution is -0.137. The average molecular weight is 301 g/mol. The molecule has 1 amide bonds. The first-order valence-electron chi connectivity index (χ1n) is 6.06. The van der Waals surface area contributed by atoms with Crippen molar-refractivity contribution in [1.29, 1.82) is 0 Å². The molecule has 0 spiro atoms. The maximum Gasteiger partial charge on any atom is 0.416 e. The first kappa shape index (κ1) is 16.7. The lowest BCUT2D eigenvalue weighted by atomic mass is 10.0. The smallest absolute Gasteiger partial charge is 0.416 e. The number of nitrogens with one attached hydrogen (secondary N) is 1. The van der Waals surface area contributed by atoms with Crippen LogP contribution in [0.4, 0.5) is 13.2 Å². The van der Waals surface area contributed by atoms with Crippen molar-refractivity contribution in [3.63, 3.8) is 0 Å². The molecule has 0 aliphatic rings. The number of aromatic carboxylic acids is 1. The highest BCUT2D eigenvalue weighted by Gasteiger charge is 2.31. The largest absolute Gasteiger partial charge is 0.478 e. The molecule has 21 heavy (non-hydrogen) atoms. The molecule has 0 fully saturated rings. The number of benzene rings is 1. The minimum absolute atomic E-state index is 0.144. The maximum atomic E-state index is 12.7. The summed E-state index contributed by atoms with van der Waals surface area (Å²) in [5, 5.41) is 11.4. The van der Waals surface area contributed by atoms with Gasteiger partial charge >= 0.3 is 12.1 Å². The van der Waals surface area contributed by atoms with Crippen molar-refractivity contribution in [2.24, 2.45) is 0 Å². The minimum Gasteiger partial charge on any atom is -0.478 e. The van der Waals surface area contributed by atoms with Crippen molar-refractivity contribution in [3.05, 3.63) is 41.0 Å². The number of alkyl halides is 3. The van der Waals surface area contributed by atoms with Crippen molar-refractivity contribution in [3.8, 4) is 0 Å². The Morgan fingerprint density at radius 3 is 2.48 bits per heavy atom. The van der Waals surface area contributed by atoms with E-state index in [0.29, 0.717) is 19.0 Å². The van der Waals surface area contributed by atoms with E-state index in [1.165, 1.54) is 13.0 Å². The summed E-state index contributed by atoms with van der Waals surface area (Å²) in [7, 11) is 0. The zero-order valence-electron chi connectivity index (χ0n) is 11.2. The van der Waals surface area contributed by atoms with Gasteiger partial charge in [0.05, 0.1) is 11.1 Å². The molecule has 0 saturated heterocycles. The van der Waals surface area contributed by atoms with Crippen molar-refractivity contribution in [2.75, 3.05) is 6.54 Å². The lowest BCUT2D eigenvalue weighted by Gasteiger charge is -2.09. The first-order valence-corrected chi connectivity index (χ1v) is 6.06. The second-order valence-corrected chi connectivity index (χ2v) is 4.32. The maximum absolute atomic E-state index is 12.7. The van der Waals surface area contributed by atoms with Gasteiger partial charge in [0, 0.05) is 13.5 Å². The van der Waals surface area contributed by atoms with E-state index in [-0.39, 0.29) is 11.5 Å². The number of rotatable bonds is 5. The van der Waals surface area contributed by atoms with Crippen LogP contribution in [0.25, 0.3) is 6.08 Å². The Balaban J connectivity index is 2.91. The number of amides is 1. The number of carbonyl (C=O) groups is 2.